The zero-order valence-electron chi connectivity index (χ0n) is 15.6. The number of likely N-dealkylation sites (tertiary alicyclic amines) is 1. The monoisotopic (exact) mass is 370 g/mol. The maximum atomic E-state index is 10.9. The normalized spacial score (nSPS) is 14.6. The van der Waals surface area contributed by atoms with Crippen LogP contribution in [0.15, 0.2) is 54.9 Å². The number of nitriles is 1. The standard InChI is InChI=1S/C23H22N4O/c24-13-18-2-1-3-19(10-18)21-11-20-4-7-25-15-22(20)23(12-21)26-14-17-5-8-27(16-28)9-6-17/h1-4,7,10-12,15-17,26H,5-6,8-9,14H2. The van der Waals surface area contributed by atoms with Gasteiger partial charge in [-0.3, -0.25) is 9.78 Å². The molecule has 5 heteroatoms. The molecule has 0 bridgehead atoms. The molecule has 0 atom stereocenters. The van der Waals surface area contributed by atoms with Crippen molar-refractivity contribution < 1.29 is 4.79 Å². The van der Waals surface area contributed by atoms with Gasteiger partial charge in [-0.1, -0.05) is 12.1 Å². The second-order valence-corrected chi connectivity index (χ2v) is 7.28. The Morgan fingerprint density at radius 2 is 2.04 bits per heavy atom. The van der Waals surface area contributed by atoms with Gasteiger partial charge in [0.25, 0.3) is 0 Å². The van der Waals surface area contributed by atoms with Gasteiger partial charge in [-0.15, -0.1) is 0 Å². The molecule has 1 aliphatic heterocycles. The molecule has 3 aromatic rings. The summed E-state index contributed by atoms with van der Waals surface area (Å²) in [7, 11) is 0. The van der Waals surface area contributed by atoms with Crippen LogP contribution < -0.4 is 5.32 Å². The first-order valence-corrected chi connectivity index (χ1v) is 9.58. The molecule has 0 spiro atoms. The van der Waals surface area contributed by atoms with Crippen LogP contribution >= 0.6 is 0 Å². The Hall–Kier alpha value is -3.39. The molecule has 0 aliphatic carbocycles. The van der Waals surface area contributed by atoms with Crippen LogP contribution in [0.25, 0.3) is 21.9 Å². The molecule has 2 aromatic carbocycles. The first kappa shape index (κ1) is 18.0. The van der Waals surface area contributed by atoms with E-state index in [1.54, 1.807) is 6.20 Å². The van der Waals surface area contributed by atoms with Gasteiger partial charge in [0, 0.05) is 43.1 Å². The molecule has 1 aliphatic rings. The van der Waals surface area contributed by atoms with Gasteiger partial charge in [-0.25, -0.2) is 0 Å². The number of aromatic nitrogens is 1. The Balaban J connectivity index is 1.61. The second-order valence-electron chi connectivity index (χ2n) is 7.28. The van der Waals surface area contributed by atoms with Crippen molar-refractivity contribution in [1.82, 2.24) is 9.88 Å². The first-order chi connectivity index (χ1) is 13.8. The SMILES string of the molecule is N#Cc1cccc(-c2cc(NCC3CCN(C=O)CC3)c3cnccc3c2)c1. The number of anilines is 1. The third-order valence-electron chi connectivity index (χ3n) is 5.46. The highest BCUT2D eigenvalue weighted by Gasteiger charge is 2.18. The van der Waals surface area contributed by atoms with E-state index in [-0.39, 0.29) is 0 Å². The van der Waals surface area contributed by atoms with Crippen molar-refractivity contribution in [3.63, 3.8) is 0 Å². The fourth-order valence-electron chi connectivity index (χ4n) is 3.80. The average Bonchev–Trinajstić information content (AvgIpc) is 2.77. The van der Waals surface area contributed by atoms with Crippen LogP contribution in [0.2, 0.25) is 0 Å². The highest BCUT2D eigenvalue weighted by atomic mass is 16.1. The van der Waals surface area contributed by atoms with Crippen molar-refractivity contribution in [2.45, 2.75) is 12.8 Å². The quantitative estimate of drug-likeness (QED) is 0.688. The van der Waals surface area contributed by atoms with Gasteiger partial charge >= 0.3 is 0 Å². The molecule has 1 N–H and O–H groups in total. The van der Waals surface area contributed by atoms with Crippen molar-refractivity contribution in [3.8, 4) is 17.2 Å². The molecule has 1 amide bonds. The summed E-state index contributed by atoms with van der Waals surface area (Å²) in [5, 5.41) is 15.0. The predicted octanol–water partition coefficient (Wildman–Crippen LogP) is 4.05. The molecule has 140 valence electrons. The number of carbonyl (C=O) groups is 1. The molecular weight excluding hydrogens is 348 g/mol. The topological polar surface area (TPSA) is 69.0 Å². The lowest BCUT2D eigenvalue weighted by molar-refractivity contribution is -0.119. The summed E-state index contributed by atoms with van der Waals surface area (Å²) in [6.45, 7) is 2.54. The molecular formula is C23H22N4O. The van der Waals surface area contributed by atoms with Gasteiger partial charge < -0.3 is 10.2 Å². The highest BCUT2D eigenvalue weighted by Crippen LogP contribution is 2.31. The smallest absolute Gasteiger partial charge is 0.209 e. The number of rotatable bonds is 5. The van der Waals surface area contributed by atoms with E-state index in [0.29, 0.717) is 11.5 Å². The molecule has 2 heterocycles. The van der Waals surface area contributed by atoms with Gasteiger partial charge in [-0.05, 0) is 65.6 Å². The molecule has 1 aromatic heterocycles. The lowest BCUT2D eigenvalue weighted by atomic mass is 9.96. The summed E-state index contributed by atoms with van der Waals surface area (Å²) < 4.78 is 0. The molecule has 0 unspecified atom stereocenters. The lowest BCUT2D eigenvalue weighted by Gasteiger charge is -2.29. The van der Waals surface area contributed by atoms with Crippen molar-refractivity contribution in [2.24, 2.45) is 5.92 Å². The number of piperidine rings is 1. The van der Waals surface area contributed by atoms with E-state index in [4.69, 9.17) is 0 Å². The largest absolute Gasteiger partial charge is 0.384 e. The fraction of sp³-hybridized carbons (Fsp3) is 0.261. The average molecular weight is 370 g/mol. The molecule has 1 saturated heterocycles. The van der Waals surface area contributed by atoms with E-state index in [2.05, 4.69) is 28.5 Å². The summed E-state index contributed by atoms with van der Waals surface area (Å²) in [6.07, 6.45) is 6.68. The molecule has 0 radical (unpaired) electrons. The molecule has 1 fully saturated rings. The highest BCUT2D eigenvalue weighted by molar-refractivity contribution is 5.97. The van der Waals surface area contributed by atoms with E-state index in [0.717, 1.165) is 66.5 Å². The van der Waals surface area contributed by atoms with Gasteiger partial charge in [0.2, 0.25) is 6.41 Å². The lowest BCUT2D eigenvalue weighted by Crippen LogP contribution is -2.34. The number of pyridine rings is 1. The fourth-order valence-corrected chi connectivity index (χ4v) is 3.80. The molecule has 0 saturated carbocycles. The van der Waals surface area contributed by atoms with Gasteiger partial charge in [0.05, 0.1) is 11.6 Å². The van der Waals surface area contributed by atoms with Crippen molar-refractivity contribution in [3.05, 3.63) is 60.4 Å². The number of benzene rings is 2. The maximum Gasteiger partial charge on any atom is 0.209 e. The minimum absolute atomic E-state index is 0.550. The zero-order valence-corrected chi connectivity index (χ0v) is 15.6. The minimum Gasteiger partial charge on any atom is -0.384 e. The van der Waals surface area contributed by atoms with Gasteiger partial charge in [0.15, 0.2) is 0 Å². The van der Waals surface area contributed by atoms with Crippen LogP contribution in [-0.2, 0) is 4.79 Å². The number of nitrogens with zero attached hydrogens (tertiary/aromatic N) is 3. The molecule has 5 nitrogen and oxygen atoms in total. The summed E-state index contributed by atoms with van der Waals surface area (Å²) in [4.78, 5) is 17.0. The Labute approximate surface area is 164 Å². The third kappa shape index (κ3) is 3.81. The van der Waals surface area contributed by atoms with E-state index in [1.165, 1.54) is 0 Å². The van der Waals surface area contributed by atoms with Crippen LogP contribution in [0.5, 0.6) is 0 Å². The van der Waals surface area contributed by atoms with E-state index in [9.17, 15) is 10.1 Å². The Morgan fingerprint density at radius 3 is 2.82 bits per heavy atom. The number of amides is 1. The second kappa shape index (κ2) is 8.10. The zero-order chi connectivity index (χ0) is 19.3. The number of fused-ring (bicyclic) bond motifs is 1. The number of hydrogen-bond donors (Lipinski definition) is 1. The Kier molecular flexibility index (Phi) is 5.20. The van der Waals surface area contributed by atoms with Crippen LogP contribution in [0, 0.1) is 17.2 Å². The third-order valence-corrected chi connectivity index (χ3v) is 5.46. The summed E-state index contributed by atoms with van der Waals surface area (Å²) >= 11 is 0. The summed E-state index contributed by atoms with van der Waals surface area (Å²) in [6, 6.07) is 16.2. The van der Waals surface area contributed by atoms with Crippen molar-refractivity contribution >= 4 is 22.9 Å². The number of nitrogens with one attached hydrogen (secondary N) is 1. The predicted molar refractivity (Wildman–Crippen MR) is 111 cm³/mol. The van der Waals surface area contributed by atoms with Crippen LogP contribution in [0.1, 0.15) is 18.4 Å². The van der Waals surface area contributed by atoms with Gasteiger partial charge in [-0.2, -0.15) is 5.26 Å². The molecule has 4 rings (SSSR count). The number of carbonyl (C=O) groups excluding carboxylic acids is 1. The van der Waals surface area contributed by atoms with E-state index < -0.39 is 0 Å². The van der Waals surface area contributed by atoms with Gasteiger partial charge in [0.1, 0.15) is 0 Å². The van der Waals surface area contributed by atoms with Crippen molar-refractivity contribution in [1.29, 1.82) is 5.26 Å². The van der Waals surface area contributed by atoms with E-state index >= 15 is 0 Å². The van der Waals surface area contributed by atoms with E-state index in [1.807, 2.05) is 41.4 Å². The maximum absolute atomic E-state index is 10.9. The van der Waals surface area contributed by atoms with Crippen LogP contribution in [0.3, 0.4) is 0 Å². The summed E-state index contributed by atoms with van der Waals surface area (Å²) in [5.41, 5.74) is 3.82. The Bertz CT molecular complexity index is 1030. The van der Waals surface area contributed by atoms with Crippen LogP contribution in [0.4, 0.5) is 5.69 Å². The van der Waals surface area contributed by atoms with Crippen molar-refractivity contribution in [2.75, 3.05) is 25.0 Å². The number of hydrogen-bond acceptors (Lipinski definition) is 4. The molecule has 28 heavy (non-hydrogen) atoms. The first-order valence-electron chi connectivity index (χ1n) is 9.58. The Morgan fingerprint density at radius 1 is 1.18 bits per heavy atom. The minimum atomic E-state index is 0.550. The van der Waals surface area contributed by atoms with Crippen LogP contribution in [-0.4, -0.2) is 35.9 Å². The summed E-state index contributed by atoms with van der Waals surface area (Å²) in [5.74, 6) is 0.550.